The van der Waals surface area contributed by atoms with Crippen LogP contribution in [0.2, 0.25) is 0 Å². The van der Waals surface area contributed by atoms with Crippen LogP contribution in [-0.2, 0) is 4.79 Å². The average molecular weight is 527 g/mol. The van der Waals surface area contributed by atoms with E-state index in [4.69, 9.17) is 4.74 Å². The van der Waals surface area contributed by atoms with E-state index in [2.05, 4.69) is 63.1 Å². The molecule has 0 bridgehead atoms. The van der Waals surface area contributed by atoms with E-state index in [9.17, 15) is 4.79 Å². The lowest BCUT2D eigenvalue weighted by molar-refractivity contribution is -0.123. The zero-order chi connectivity index (χ0) is 26.8. The first-order valence-electron chi connectivity index (χ1n) is 15.1. The van der Waals surface area contributed by atoms with Crippen molar-refractivity contribution in [2.45, 2.75) is 89.5 Å². The Bertz CT molecular complexity index is 1280. The van der Waals surface area contributed by atoms with Gasteiger partial charge in [-0.1, -0.05) is 31.4 Å². The molecule has 0 unspecified atom stereocenters. The maximum absolute atomic E-state index is 14.0. The number of rotatable bonds is 8. The number of carbonyl (C=O) groups excluding carboxylic acids is 1. The number of carbonyl (C=O) groups is 1. The molecular formula is C33H42N4O2. The minimum Gasteiger partial charge on any atom is -0.481 e. The molecule has 0 saturated heterocycles. The zero-order valence-corrected chi connectivity index (χ0v) is 23.5. The van der Waals surface area contributed by atoms with E-state index in [1.165, 1.54) is 37.7 Å². The first kappa shape index (κ1) is 26.1. The lowest BCUT2D eigenvalue weighted by atomic mass is 9.78. The summed E-state index contributed by atoms with van der Waals surface area (Å²) in [6.07, 6.45) is 18.8. The second kappa shape index (κ2) is 11.5. The lowest BCUT2D eigenvalue weighted by Crippen LogP contribution is -2.41. The van der Waals surface area contributed by atoms with E-state index in [1.54, 1.807) is 7.11 Å². The maximum Gasteiger partial charge on any atom is 0.230 e. The van der Waals surface area contributed by atoms with Crippen molar-refractivity contribution in [3.63, 3.8) is 0 Å². The molecule has 0 radical (unpaired) electrons. The summed E-state index contributed by atoms with van der Waals surface area (Å²) in [4.78, 5) is 20.7. The minimum atomic E-state index is 0.157. The minimum absolute atomic E-state index is 0.157. The van der Waals surface area contributed by atoms with Crippen LogP contribution >= 0.6 is 0 Å². The summed E-state index contributed by atoms with van der Waals surface area (Å²) in [6.45, 7) is 2.88. The third-order valence-electron chi connectivity index (χ3n) is 9.24. The number of hydrogen-bond donors (Lipinski definition) is 0. The molecule has 1 amide bonds. The Hall–Kier alpha value is -3.15. The molecule has 3 saturated carbocycles. The summed E-state index contributed by atoms with van der Waals surface area (Å²) in [7, 11) is 1.68. The van der Waals surface area contributed by atoms with E-state index in [1.807, 2.05) is 12.4 Å². The Labute approximate surface area is 232 Å². The van der Waals surface area contributed by atoms with Gasteiger partial charge >= 0.3 is 0 Å². The van der Waals surface area contributed by atoms with Crippen LogP contribution in [0.3, 0.4) is 0 Å². The van der Waals surface area contributed by atoms with E-state index >= 15 is 0 Å². The van der Waals surface area contributed by atoms with Gasteiger partial charge in [-0.15, -0.1) is 0 Å². The fourth-order valence-electron chi connectivity index (χ4n) is 6.73. The number of nitrogens with zero attached hydrogens (tertiary/aromatic N) is 4. The van der Waals surface area contributed by atoms with Crippen LogP contribution in [0, 0.1) is 18.8 Å². The van der Waals surface area contributed by atoms with Gasteiger partial charge in [0, 0.05) is 41.7 Å². The molecule has 3 fully saturated rings. The number of anilines is 1. The van der Waals surface area contributed by atoms with Gasteiger partial charge < -0.3 is 9.64 Å². The van der Waals surface area contributed by atoms with Crippen LogP contribution in [0.1, 0.15) is 93.7 Å². The summed E-state index contributed by atoms with van der Waals surface area (Å²) in [6, 6.07) is 11.4. The Morgan fingerprint density at radius 1 is 0.974 bits per heavy atom. The van der Waals surface area contributed by atoms with Crippen LogP contribution in [0.25, 0.3) is 11.1 Å². The molecule has 3 aliphatic rings. The van der Waals surface area contributed by atoms with Crippen molar-refractivity contribution in [1.82, 2.24) is 14.8 Å². The molecule has 6 rings (SSSR count). The molecule has 0 aliphatic heterocycles. The summed E-state index contributed by atoms with van der Waals surface area (Å²) >= 11 is 0. The fraction of sp³-hybridized carbons (Fsp3) is 0.545. The molecule has 6 nitrogen and oxygen atoms in total. The van der Waals surface area contributed by atoms with Gasteiger partial charge in [-0.2, -0.15) is 5.10 Å². The summed E-state index contributed by atoms with van der Waals surface area (Å²) in [5, 5.41) is 4.60. The molecule has 2 aromatic heterocycles. The predicted molar refractivity (Wildman–Crippen MR) is 155 cm³/mol. The smallest absolute Gasteiger partial charge is 0.230 e. The highest BCUT2D eigenvalue weighted by atomic mass is 16.5. The highest BCUT2D eigenvalue weighted by Crippen LogP contribution is 2.39. The molecule has 3 aliphatic carbocycles. The third kappa shape index (κ3) is 5.90. The summed E-state index contributed by atoms with van der Waals surface area (Å²) in [5.41, 5.74) is 5.74. The van der Waals surface area contributed by atoms with Crippen LogP contribution in [-0.4, -0.2) is 34.3 Å². The van der Waals surface area contributed by atoms with Gasteiger partial charge in [0.2, 0.25) is 11.8 Å². The highest BCUT2D eigenvalue weighted by Gasteiger charge is 2.31. The number of ether oxygens (including phenoxy) is 1. The van der Waals surface area contributed by atoms with Crippen molar-refractivity contribution < 1.29 is 9.53 Å². The van der Waals surface area contributed by atoms with Gasteiger partial charge in [0.05, 0.1) is 19.3 Å². The molecule has 206 valence electrons. The normalized spacial score (nSPS) is 22.0. The molecule has 39 heavy (non-hydrogen) atoms. The summed E-state index contributed by atoms with van der Waals surface area (Å²) in [5.74, 6) is 2.25. The Morgan fingerprint density at radius 3 is 2.49 bits per heavy atom. The standard InChI is InChI=1S/C33H42N4O2/c1-23-17-28(19-34-32(23)39-2)25-13-11-24(12-14-25)21-36(33(38)26-7-4-3-5-8-26)31-10-6-9-27(18-31)29-20-35-37(22-29)30-15-16-30/h6,9-10,17-20,22,24-26,30H,3-5,7-8,11-16,21H2,1-2H3/t24-,25-. The van der Waals surface area contributed by atoms with Gasteiger partial charge in [-0.25, -0.2) is 4.98 Å². The second-order valence-electron chi connectivity index (χ2n) is 12.1. The lowest BCUT2D eigenvalue weighted by Gasteiger charge is -2.35. The third-order valence-corrected chi connectivity index (χ3v) is 9.24. The van der Waals surface area contributed by atoms with Gasteiger partial charge in [0.25, 0.3) is 0 Å². The molecule has 1 aromatic carbocycles. The summed E-state index contributed by atoms with van der Waals surface area (Å²) < 4.78 is 7.46. The molecule has 0 N–H and O–H groups in total. The van der Waals surface area contributed by atoms with Crippen LogP contribution < -0.4 is 9.64 Å². The zero-order valence-electron chi connectivity index (χ0n) is 23.5. The number of pyridine rings is 1. The second-order valence-corrected chi connectivity index (χ2v) is 12.1. The van der Waals surface area contributed by atoms with E-state index < -0.39 is 0 Å². The molecule has 3 aromatic rings. The quantitative estimate of drug-likeness (QED) is 0.305. The van der Waals surface area contributed by atoms with Crippen LogP contribution in [0.15, 0.2) is 48.9 Å². The number of hydrogen-bond acceptors (Lipinski definition) is 4. The van der Waals surface area contributed by atoms with Crippen molar-refractivity contribution in [3.8, 4) is 17.0 Å². The van der Waals surface area contributed by atoms with Crippen molar-refractivity contribution in [2.75, 3.05) is 18.6 Å². The largest absolute Gasteiger partial charge is 0.481 e. The van der Waals surface area contributed by atoms with Gasteiger partial charge in [0.15, 0.2) is 0 Å². The fourth-order valence-corrected chi connectivity index (χ4v) is 6.73. The van der Waals surface area contributed by atoms with E-state index in [0.717, 1.165) is 67.4 Å². The number of methoxy groups -OCH3 is 1. The first-order chi connectivity index (χ1) is 19.1. The SMILES string of the molecule is COc1ncc([C@H]2CC[C@H](CN(C(=O)C3CCCCC3)c3cccc(-c4cnn(C5CC5)c4)c3)CC2)cc1C. The molecule has 0 atom stereocenters. The highest BCUT2D eigenvalue weighted by molar-refractivity contribution is 5.95. The molecular weight excluding hydrogens is 484 g/mol. The Balaban J connectivity index is 1.19. The van der Waals surface area contributed by atoms with Crippen molar-refractivity contribution in [1.29, 1.82) is 0 Å². The average Bonchev–Trinajstić information content (AvgIpc) is 3.72. The first-order valence-corrected chi connectivity index (χ1v) is 15.1. The topological polar surface area (TPSA) is 60.2 Å². The van der Waals surface area contributed by atoms with Crippen molar-refractivity contribution in [3.05, 3.63) is 60.0 Å². The maximum atomic E-state index is 14.0. The van der Waals surface area contributed by atoms with Gasteiger partial charge in [-0.05, 0) is 99.5 Å². The van der Waals surface area contributed by atoms with Crippen molar-refractivity contribution in [2.24, 2.45) is 11.8 Å². The van der Waals surface area contributed by atoms with Crippen LogP contribution in [0.4, 0.5) is 5.69 Å². The number of benzene rings is 1. The molecule has 0 spiro atoms. The molecule has 6 heteroatoms. The van der Waals surface area contributed by atoms with Crippen LogP contribution in [0.5, 0.6) is 5.88 Å². The van der Waals surface area contributed by atoms with Crippen molar-refractivity contribution >= 4 is 11.6 Å². The number of aryl methyl sites for hydroxylation is 1. The Morgan fingerprint density at radius 2 is 1.77 bits per heavy atom. The van der Waals surface area contributed by atoms with Gasteiger partial charge in [0.1, 0.15) is 0 Å². The van der Waals surface area contributed by atoms with E-state index in [0.29, 0.717) is 29.7 Å². The molecule has 2 heterocycles. The number of amides is 1. The Kier molecular flexibility index (Phi) is 7.71. The van der Waals surface area contributed by atoms with E-state index in [-0.39, 0.29) is 5.92 Å². The van der Waals surface area contributed by atoms with Gasteiger partial charge in [-0.3, -0.25) is 9.48 Å². The predicted octanol–water partition coefficient (Wildman–Crippen LogP) is 7.48. The monoisotopic (exact) mass is 526 g/mol. The number of aromatic nitrogens is 3.